The van der Waals surface area contributed by atoms with Crippen molar-refractivity contribution in [2.45, 2.75) is 491 Å². The van der Waals surface area contributed by atoms with Gasteiger partial charge in [0, 0.05) is 25.7 Å². The van der Waals surface area contributed by atoms with Gasteiger partial charge in [-0.25, -0.2) is 9.13 Å². The van der Waals surface area contributed by atoms with Crippen molar-refractivity contribution in [3.8, 4) is 0 Å². The molecule has 0 rings (SSSR count). The van der Waals surface area contributed by atoms with E-state index < -0.39 is 97.5 Å². The number of aliphatic hydroxyl groups excluding tert-OH is 1. The van der Waals surface area contributed by atoms with E-state index in [-0.39, 0.29) is 25.7 Å². The summed E-state index contributed by atoms with van der Waals surface area (Å²) in [7, 11) is -9.93. The average molecular weight is 1580 g/mol. The molecule has 0 heterocycles. The molecule has 0 spiro atoms. The minimum atomic E-state index is -4.97. The molecule has 0 aliphatic heterocycles. The van der Waals surface area contributed by atoms with Gasteiger partial charge < -0.3 is 33.8 Å². The summed E-state index contributed by atoms with van der Waals surface area (Å²) in [5.74, 6) is 0.221. The fourth-order valence-corrected chi connectivity index (χ4v) is 15.4. The number of aliphatic hydroxyl groups is 1. The molecule has 0 aromatic carbocycles. The van der Waals surface area contributed by atoms with E-state index in [0.717, 1.165) is 108 Å². The molecule has 0 amide bonds. The Balaban J connectivity index is 5.19. The number of carbonyl (C=O) groups is 4. The average Bonchev–Trinajstić information content (AvgIpc) is 0.898. The van der Waals surface area contributed by atoms with E-state index in [2.05, 4.69) is 48.5 Å². The maximum Gasteiger partial charge on any atom is 0.472 e. The van der Waals surface area contributed by atoms with Crippen LogP contribution in [-0.4, -0.2) is 96.7 Å². The highest BCUT2D eigenvalue weighted by Gasteiger charge is 2.31. The van der Waals surface area contributed by atoms with Crippen molar-refractivity contribution >= 4 is 39.5 Å². The minimum absolute atomic E-state index is 0.106. The second-order valence-electron chi connectivity index (χ2n) is 33.2. The van der Waals surface area contributed by atoms with Crippen LogP contribution in [0.25, 0.3) is 0 Å². The highest BCUT2D eigenvalue weighted by atomic mass is 31.2. The molecule has 3 N–H and O–H groups in total. The monoisotopic (exact) mass is 1580 g/mol. The van der Waals surface area contributed by atoms with Crippen molar-refractivity contribution in [1.29, 1.82) is 0 Å². The molecule has 0 saturated heterocycles. The van der Waals surface area contributed by atoms with Crippen molar-refractivity contribution < 1.29 is 80.2 Å². The molecule has 17 nitrogen and oxygen atoms in total. The number of ether oxygens (including phenoxy) is 4. The van der Waals surface area contributed by atoms with Crippen LogP contribution in [0.2, 0.25) is 0 Å². The lowest BCUT2D eigenvalue weighted by Gasteiger charge is -2.21. The summed E-state index contributed by atoms with van der Waals surface area (Å²) >= 11 is 0. The molecule has 0 aliphatic rings. The molecule has 0 saturated carbocycles. The molecule has 19 heteroatoms. The summed E-state index contributed by atoms with van der Waals surface area (Å²) in [5, 5.41) is 10.7. The van der Waals surface area contributed by atoms with Crippen LogP contribution in [-0.2, 0) is 65.4 Å². The Morgan fingerprint density at radius 2 is 0.472 bits per heavy atom. The van der Waals surface area contributed by atoms with Gasteiger partial charge in [0.1, 0.15) is 19.3 Å². The van der Waals surface area contributed by atoms with E-state index >= 15 is 0 Å². The van der Waals surface area contributed by atoms with Gasteiger partial charge in [-0.05, 0) is 43.4 Å². The number of carbonyl (C=O) groups excluding carboxylic acids is 4. The first-order valence-corrected chi connectivity index (χ1v) is 48.9. The van der Waals surface area contributed by atoms with Crippen LogP contribution < -0.4 is 0 Å². The van der Waals surface area contributed by atoms with Crippen LogP contribution in [0.5, 0.6) is 0 Å². The van der Waals surface area contributed by atoms with Crippen LogP contribution in [0, 0.1) is 17.8 Å². The summed E-state index contributed by atoms with van der Waals surface area (Å²) in [5.41, 5.74) is 0. The van der Waals surface area contributed by atoms with Gasteiger partial charge in [-0.2, -0.15) is 0 Å². The molecule has 0 aromatic heterocycles. The van der Waals surface area contributed by atoms with Crippen LogP contribution in [0.4, 0.5) is 0 Å². The van der Waals surface area contributed by atoms with Gasteiger partial charge >= 0.3 is 39.5 Å². The Bertz CT molecular complexity index is 2080. The van der Waals surface area contributed by atoms with Gasteiger partial charge in [0.25, 0.3) is 0 Å². The van der Waals surface area contributed by atoms with E-state index in [9.17, 15) is 43.2 Å². The summed E-state index contributed by atoms with van der Waals surface area (Å²) in [6.45, 7) is 12.0. The molecule has 0 radical (unpaired) electrons. The van der Waals surface area contributed by atoms with Crippen molar-refractivity contribution in [3.05, 3.63) is 0 Å². The van der Waals surface area contributed by atoms with Gasteiger partial charge in [-0.3, -0.25) is 37.3 Å². The first-order chi connectivity index (χ1) is 52.3. The van der Waals surface area contributed by atoms with Crippen LogP contribution >= 0.6 is 15.6 Å². The number of esters is 4. The van der Waals surface area contributed by atoms with E-state index in [1.807, 2.05) is 0 Å². The molecule has 0 aliphatic carbocycles. The molecule has 0 fully saturated rings. The smallest absolute Gasteiger partial charge is 0.462 e. The first kappa shape index (κ1) is 106. The topological polar surface area (TPSA) is 237 Å². The zero-order chi connectivity index (χ0) is 79.3. The maximum absolute atomic E-state index is 13.2. The third-order valence-corrected chi connectivity index (χ3v) is 23.1. The van der Waals surface area contributed by atoms with E-state index in [0.29, 0.717) is 31.6 Å². The fraction of sp³-hybridized carbons (Fsp3) is 0.955. The Kier molecular flexibility index (Phi) is 77.5. The summed E-state index contributed by atoms with van der Waals surface area (Å²) in [4.78, 5) is 73.2. The van der Waals surface area contributed by atoms with Gasteiger partial charge in [-0.15, -0.1) is 0 Å². The molecule has 108 heavy (non-hydrogen) atoms. The lowest BCUT2D eigenvalue weighted by Crippen LogP contribution is -2.30. The number of hydrogen-bond donors (Lipinski definition) is 3. The van der Waals surface area contributed by atoms with Crippen LogP contribution in [0.15, 0.2) is 0 Å². The molecule has 0 aromatic rings. The van der Waals surface area contributed by atoms with Crippen molar-refractivity contribution in [3.63, 3.8) is 0 Å². The predicted molar refractivity (Wildman–Crippen MR) is 446 cm³/mol. The van der Waals surface area contributed by atoms with Crippen molar-refractivity contribution in [2.75, 3.05) is 39.6 Å². The Morgan fingerprint density at radius 1 is 0.269 bits per heavy atom. The zero-order valence-electron chi connectivity index (χ0n) is 71.3. The SMILES string of the molecule is CCCCCCCCCCCCCCCCCCCCCCCCC(=O)OC[C@H](COP(=O)(O)OC[C@@H](O)COP(=O)(O)OC[C@@H](COC(=O)CCCCCCCCC(C)C)OC(=O)CCCCCCCCCCCCCCC(C)C)OC(=O)CCCCCCCCCCCCCCCCCCCCC(C)CC. The Labute approximate surface area is 664 Å². The third-order valence-electron chi connectivity index (χ3n) is 21.2. The predicted octanol–water partition coefficient (Wildman–Crippen LogP) is 27.3. The maximum atomic E-state index is 13.2. The number of phosphoric acid groups is 2. The number of unbranched alkanes of at least 4 members (excludes halogenated alkanes) is 54. The standard InChI is InChI=1S/C89H174O17P2/c1-8-10-11-12-13-14-15-16-17-18-19-20-21-22-26-29-32-38-43-48-56-63-70-86(91)99-76-84(105-88(93)72-65-58-49-44-39-33-30-27-24-23-25-28-31-37-42-47-55-62-69-82(7)9-2)78-103-107(95,96)101-74-83(90)75-102-108(97,98)104-79-85(77-100-87(92)71-64-57-52-51-54-61-68-81(5)6)106-89(94)73-66-59-50-45-40-35-34-36-41-46-53-60-67-80(3)4/h80-85,90H,8-79H2,1-7H3,(H,95,96)(H,97,98)/t82?,83-,84-,85-/m1/s1. The van der Waals surface area contributed by atoms with Gasteiger partial charge in [0.15, 0.2) is 12.2 Å². The minimum Gasteiger partial charge on any atom is -0.462 e. The molecule has 6 atom stereocenters. The second-order valence-corrected chi connectivity index (χ2v) is 36.1. The highest BCUT2D eigenvalue weighted by molar-refractivity contribution is 7.47. The van der Waals surface area contributed by atoms with Gasteiger partial charge in [-0.1, -0.05) is 421 Å². The number of hydrogen-bond acceptors (Lipinski definition) is 15. The molecular weight excluding hydrogens is 1400 g/mol. The fourth-order valence-electron chi connectivity index (χ4n) is 13.9. The van der Waals surface area contributed by atoms with E-state index in [1.165, 1.54) is 276 Å². The van der Waals surface area contributed by atoms with Crippen molar-refractivity contribution in [1.82, 2.24) is 0 Å². The van der Waals surface area contributed by atoms with E-state index in [1.54, 1.807) is 0 Å². The quantitative estimate of drug-likeness (QED) is 0.0222. The van der Waals surface area contributed by atoms with Crippen molar-refractivity contribution in [2.24, 2.45) is 17.8 Å². The Hall–Kier alpha value is -1.94. The molecule has 0 bridgehead atoms. The third kappa shape index (κ3) is 80.7. The second kappa shape index (κ2) is 78.9. The highest BCUT2D eigenvalue weighted by Crippen LogP contribution is 2.45. The molecule has 642 valence electrons. The molecule has 3 unspecified atom stereocenters. The molecular formula is C89H174O17P2. The van der Waals surface area contributed by atoms with Crippen LogP contribution in [0.1, 0.15) is 472 Å². The largest absolute Gasteiger partial charge is 0.472 e. The number of phosphoric ester groups is 2. The number of rotatable bonds is 87. The lowest BCUT2D eigenvalue weighted by atomic mass is 9.99. The summed E-state index contributed by atoms with van der Waals surface area (Å²) in [6.07, 6.45) is 71.2. The van der Waals surface area contributed by atoms with Crippen LogP contribution in [0.3, 0.4) is 0 Å². The summed E-state index contributed by atoms with van der Waals surface area (Å²) < 4.78 is 68.9. The normalized spacial score (nSPS) is 14.1. The first-order valence-electron chi connectivity index (χ1n) is 45.9. The summed E-state index contributed by atoms with van der Waals surface area (Å²) in [6, 6.07) is 0. The van der Waals surface area contributed by atoms with Gasteiger partial charge in [0.2, 0.25) is 0 Å². The lowest BCUT2D eigenvalue weighted by molar-refractivity contribution is -0.161. The Morgan fingerprint density at radius 3 is 0.704 bits per heavy atom. The van der Waals surface area contributed by atoms with Gasteiger partial charge in [0.05, 0.1) is 26.4 Å². The zero-order valence-corrected chi connectivity index (χ0v) is 73.1. The van der Waals surface area contributed by atoms with E-state index in [4.69, 9.17) is 37.0 Å².